The average molecular weight is 149 g/mol. The molecule has 0 bridgehead atoms. The molecule has 0 heterocycles. The van der Waals surface area contributed by atoms with Gasteiger partial charge in [-0.2, -0.15) is 0 Å². The van der Waals surface area contributed by atoms with Crippen molar-refractivity contribution >= 4 is 0 Å². The highest BCUT2D eigenvalue weighted by atomic mass is 14.6. The Morgan fingerprint density at radius 1 is 1.36 bits per heavy atom. The lowest BCUT2D eigenvalue weighted by molar-refractivity contribution is 0.677. The van der Waals surface area contributed by atoms with E-state index in [-0.39, 0.29) is 0 Å². The summed E-state index contributed by atoms with van der Waals surface area (Å²) in [7, 11) is 0. The molecule has 0 unspecified atom stereocenters. The largest absolute Gasteiger partial charge is 0.402 e. The van der Waals surface area contributed by atoms with Gasteiger partial charge in [0.1, 0.15) is 0 Å². The number of hydrogen-bond donors (Lipinski definition) is 1. The summed E-state index contributed by atoms with van der Waals surface area (Å²) >= 11 is 0. The zero-order chi connectivity index (χ0) is 8.10. The normalized spacial score (nSPS) is 18.8. The molecule has 0 atom stereocenters. The molecule has 11 heavy (non-hydrogen) atoms. The Morgan fingerprint density at radius 2 is 2.09 bits per heavy atom. The second-order valence-electron chi connectivity index (χ2n) is 2.72. The first-order valence-corrected chi connectivity index (χ1v) is 3.88. The highest BCUT2D eigenvalue weighted by Crippen LogP contribution is 2.21. The monoisotopic (exact) mass is 149 g/mol. The van der Waals surface area contributed by atoms with E-state index in [0.29, 0.717) is 0 Å². The van der Waals surface area contributed by atoms with Gasteiger partial charge in [-0.1, -0.05) is 0 Å². The fraction of sp³-hybridized carbons (Fsp3) is 0.444. The number of allylic oxidation sites excluding steroid dienone is 3. The summed E-state index contributed by atoms with van der Waals surface area (Å²) in [4.78, 5) is 3.39. The number of nitrogens with zero attached hydrogens (tertiary/aromatic N) is 1. The third-order valence-corrected chi connectivity index (χ3v) is 1.92. The average Bonchev–Trinajstić information content (AvgIpc) is 2.03. The smallest absolute Gasteiger partial charge is 0.305 e. The zero-order valence-electron chi connectivity index (χ0n) is 6.59. The van der Waals surface area contributed by atoms with Gasteiger partial charge in [-0.25, -0.2) is 0 Å². The molecule has 0 radical (unpaired) electrons. The first-order valence-electron chi connectivity index (χ1n) is 3.88. The lowest BCUT2D eigenvalue weighted by Crippen LogP contribution is -2.05. The van der Waals surface area contributed by atoms with Crippen molar-refractivity contribution in [1.29, 1.82) is 0 Å². The maximum Gasteiger partial charge on any atom is 0.305 e. The van der Waals surface area contributed by atoms with E-state index in [1.807, 2.05) is 6.08 Å². The van der Waals surface area contributed by atoms with E-state index in [1.54, 1.807) is 6.20 Å². The number of hydrogen-bond acceptors (Lipinski definition) is 1. The van der Waals surface area contributed by atoms with Gasteiger partial charge in [0.15, 0.2) is 0 Å². The fourth-order valence-corrected chi connectivity index (χ4v) is 1.28. The van der Waals surface area contributed by atoms with Crippen molar-refractivity contribution in [2.45, 2.75) is 25.7 Å². The van der Waals surface area contributed by atoms with Crippen molar-refractivity contribution in [3.05, 3.63) is 28.4 Å². The summed E-state index contributed by atoms with van der Waals surface area (Å²) in [5, 5.41) is 0. The molecule has 1 rings (SSSR count). The topological polar surface area (TPSA) is 30.4 Å². The van der Waals surface area contributed by atoms with E-state index < -0.39 is 0 Å². The van der Waals surface area contributed by atoms with Crippen molar-refractivity contribution in [1.82, 2.24) is 0 Å². The predicted molar refractivity (Wildman–Crippen MR) is 47.1 cm³/mol. The Bertz CT molecular complexity index is 230. The molecule has 0 fully saturated rings. The van der Waals surface area contributed by atoms with Crippen LogP contribution in [0.3, 0.4) is 0 Å². The van der Waals surface area contributed by atoms with Crippen LogP contribution in [0, 0.1) is 6.57 Å². The van der Waals surface area contributed by atoms with E-state index in [9.17, 15) is 0 Å². The molecule has 0 saturated carbocycles. The van der Waals surface area contributed by atoms with Crippen LogP contribution in [0.15, 0.2) is 23.5 Å². The molecular weight excluding hydrogens is 136 g/mol. The first kappa shape index (κ1) is 7.87. The van der Waals surface area contributed by atoms with Crippen LogP contribution < -0.4 is 5.73 Å². The molecule has 0 amide bonds. The van der Waals surface area contributed by atoms with Crippen molar-refractivity contribution < 1.29 is 0 Å². The Balaban J connectivity index is 2.68. The minimum Gasteiger partial charge on any atom is -0.402 e. The van der Waals surface area contributed by atoms with E-state index >= 15 is 0 Å². The molecule has 0 aromatic rings. The third-order valence-electron chi connectivity index (χ3n) is 1.92. The predicted octanol–water partition coefficient (Wildman–Crippen LogP) is 2.25. The Labute approximate surface area is 67.2 Å². The lowest BCUT2D eigenvalue weighted by Gasteiger charge is -2.12. The van der Waals surface area contributed by atoms with E-state index in [1.165, 1.54) is 18.4 Å². The second-order valence-corrected chi connectivity index (χ2v) is 2.72. The van der Waals surface area contributed by atoms with Crippen LogP contribution in [0.5, 0.6) is 0 Å². The highest BCUT2D eigenvalue weighted by Gasteiger charge is 2.07. The van der Waals surface area contributed by atoms with Gasteiger partial charge in [-0.3, -0.25) is 0 Å². The Kier molecular flexibility index (Phi) is 2.74. The zero-order valence-corrected chi connectivity index (χ0v) is 6.59. The molecule has 1 aliphatic carbocycles. The summed E-state index contributed by atoms with van der Waals surface area (Å²) in [5.41, 5.74) is 7.96. The van der Waals surface area contributed by atoms with E-state index in [0.717, 1.165) is 18.5 Å². The standard InChI is InChI=1S/C9H13N2/c1-11-7-6-8-4-2-3-5-9(8)10/h1,6-7H,2-5,10H2/q+1. The van der Waals surface area contributed by atoms with Gasteiger partial charge >= 0.3 is 6.20 Å². The fourth-order valence-electron chi connectivity index (χ4n) is 1.28. The minimum absolute atomic E-state index is 0.996. The van der Waals surface area contributed by atoms with Crippen molar-refractivity contribution in [3.63, 3.8) is 0 Å². The van der Waals surface area contributed by atoms with Crippen LogP contribution >= 0.6 is 0 Å². The van der Waals surface area contributed by atoms with Gasteiger partial charge in [-0.15, -0.1) is 0 Å². The molecule has 0 spiro atoms. The minimum atomic E-state index is 0.996. The second kappa shape index (κ2) is 3.82. The van der Waals surface area contributed by atoms with Crippen molar-refractivity contribution in [3.8, 4) is 6.57 Å². The van der Waals surface area contributed by atoms with E-state index in [4.69, 9.17) is 12.3 Å². The lowest BCUT2D eigenvalue weighted by atomic mass is 9.97. The van der Waals surface area contributed by atoms with Gasteiger partial charge in [0.2, 0.25) is 0 Å². The first-order chi connectivity index (χ1) is 5.34. The molecule has 0 aliphatic heterocycles. The van der Waals surface area contributed by atoms with Crippen molar-refractivity contribution in [2.24, 2.45) is 5.73 Å². The highest BCUT2D eigenvalue weighted by molar-refractivity contribution is 5.26. The SMILES string of the molecule is C#[N+]C=CC1=C(N)CCCC1. The maximum absolute atomic E-state index is 5.77. The number of rotatable bonds is 1. The van der Waals surface area contributed by atoms with Gasteiger partial charge in [0, 0.05) is 11.8 Å². The van der Waals surface area contributed by atoms with Gasteiger partial charge < -0.3 is 5.73 Å². The quantitative estimate of drug-likeness (QED) is 0.609. The summed E-state index contributed by atoms with van der Waals surface area (Å²) in [6.45, 7) is 4.97. The molecule has 58 valence electrons. The molecule has 0 aromatic carbocycles. The van der Waals surface area contributed by atoms with Gasteiger partial charge in [-0.05, 0) is 36.1 Å². The molecule has 2 nitrogen and oxygen atoms in total. The van der Waals surface area contributed by atoms with Crippen LogP contribution in [0.1, 0.15) is 25.7 Å². The summed E-state index contributed by atoms with van der Waals surface area (Å²) in [6, 6.07) is 0. The van der Waals surface area contributed by atoms with Crippen LogP contribution in [-0.2, 0) is 0 Å². The van der Waals surface area contributed by atoms with Crippen LogP contribution in [-0.4, -0.2) is 0 Å². The van der Waals surface area contributed by atoms with Gasteiger partial charge in [0.25, 0.3) is 6.57 Å². The van der Waals surface area contributed by atoms with Crippen LogP contribution in [0.4, 0.5) is 0 Å². The van der Waals surface area contributed by atoms with Crippen LogP contribution in [0.2, 0.25) is 0 Å². The molecule has 0 saturated heterocycles. The summed E-state index contributed by atoms with van der Waals surface area (Å²) in [5.74, 6) is 0. The Morgan fingerprint density at radius 3 is 2.73 bits per heavy atom. The molecule has 0 aromatic heterocycles. The van der Waals surface area contributed by atoms with Crippen molar-refractivity contribution in [2.75, 3.05) is 0 Å². The number of nitrogens with two attached hydrogens (primary N) is 1. The molecule has 2 heteroatoms. The molecular formula is C9H13N2+. The van der Waals surface area contributed by atoms with Crippen LogP contribution in [0.25, 0.3) is 4.85 Å². The molecule has 2 N–H and O–H groups in total. The summed E-state index contributed by atoms with van der Waals surface area (Å²) < 4.78 is 0. The molecule has 1 aliphatic rings. The Hall–Kier alpha value is -1.23. The maximum atomic E-state index is 5.77. The van der Waals surface area contributed by atoms with E-state index in [2.05, 4.69) is 4.85 Å². The summed E-state index contributed by atoms with van der Waals surface area (Å²) in [6.07, 6.45) is 8.01. The van der Waals surface area contributed by atoms with Gasteiger partial charge in [0.05, 0.1) is 0 Å². The third kappa shape index (κ3) is 2.12.